The fraction of sp³-hybridized carbons (Fsp3) is 0.451. The number of benzene rings is 1. The Morgan fingerprint density at radius 2 is 0.907 bits per heavy atom. The lowest BCUT2D eigenvalue weighted by Gasteiger charge is -2.05. The van der Waals surface area contributed by atoms with Gasteiger partial charge in [-0.1, -0.05) is 193 Å². The molecule has 694 valence electrons. The van der Waals surface area contributed by atoms with Crippen LogP contribution in [0.4, 0.5) is 0 Å². The number of carbonyl (C=O) groups excluding carboxylic acids is 9. The third-order valence-corrected chi connectivity index (χ3v) is 20.1. The van der Waals surface area contributed by atoms with Crippen molar-refractivity contribution in [1.82, 2.24) is 75.1 Å². The largest absolute Gasteiger partial charge is 0.449 e. The van der Waals surface area contributed by atoms with Crippen molar-refractivity contribution in [2.75, 3.05) is 7.05 Å². The maximum absolute atomic E-state index is 11.3. The van der Waals surface area contributed by atoms with Gasteiger partial charge < -0.3 is 9.73 Å². The predicted molar refractivity (Wildman–Crippen MR) is 514 cm³/mol. The van der Waals surface area contributed by atoms with E-state index < -0.39 is 0 Å². The monoisotopic (exact) mass is 1800 g/mol. The number of nitrogens with zero attached hydrogens (tertiary/aromatic N) is 14. The van der Waals surface area contributed by atoms with E-state index in [-0.39, 0.29) is 99.5 Å². The van der Waals surface area contributed by atoms with Gasteiger partial charge in [-0.2, -0.15) is 15.3 Å². The molecule has 10 heterocycles. The third-order valence-electron chi connectivity index (χ3n) is 18.7. The first kappa shape index (κ1) is 113. The molecule has 10 aromatic heterocycles. The molecule has 0 bridgehead atoms. The Morgan fingerprint density at radius 1 is 0.411 bits per heavy atom. The SMILES string of the molecule is C=C1Cc2cnc(C(C)C)cc2C1.CC(C)C(=O)Cc1ccccc1.CC(C)C(=O)Cc1ccccn1.CC(C)C(=O)Cc1cccnc1.CC(C)C(=O)Cc1cccnn1.CC(C)C(=O)Cc1cnccn1.CC(C)C(=O)Cc1cscn1.CC(C)C(=O)Cc1ncccn1.CC(C)C(=O)Cc1ncco1.CC(C)C(=O)Cc1nccs1.CNCc1cnn(C(C)C)c1. The molecule has 0 unspecified atom stereocenters. The molecule has 129 heavy (non-hydrogen) atoms. The van der Waals surface area contributed by atoms with Gasteiger partial charge in [0.05, 0.1) is 72.1 Å². The van der Waals surface area contributed by atoms with Crippen molar-refractivity contribution >= 4 is 74.7 Å². The van der Waals surface area contributed by atoms with E-state index in [2.05, 4.69) is 117 Å². The molecule has 27 heteroatoms. The number of rotatable bonds is 31. The van der Waals surface area contributed by atoms with Crippen molar-refractivity contribution in [3.63, 3.8) is 0 Å². The lowest BCUT2D eigenvalue weighted by atomic mass is 10.0. The zero-order chi connectivity index (χ0) is 96.3. The Labute approximate surface area is 773 Å². The van der Waals surface area contributed by atoms with Crippen molar-refractivity contribution < 1.29 is 47.6 Å². The number of fused-ring (bicyclic) bond motifs is 1. The Balaban J connectivity index is 0.000000481. The number of thiazole rings is 2. The van der Waals surface area contributed by atoms with Gasteiger partial charge >= 0.3 is 0 Å². The molecule has 0 saturated heterocycles. The molecule has 1 aliphatic rings. The molecule has 1 aliphatic carbocycles. The molecule has 0 atom stereocenters. The summed E-state index contributed by atoms with van der Waals surface area (Å²) in [5, 5.41) is 19.5. The van der Waals surface area contributed by atoms with Gasteiger partial charge in [0.2, 0.25) is 5.89 Å². The van der Waals surface area contributed by atoms with E-state index >= 15 is 0 Å². The van der Waals surface area contributed by atoms with Crippen LogP contribution in [0.25, 0.3) is 0 Å². The summed E-state index contributed by atoms with van der Waals surface area (Å²) in [6, 6.07) is 27.3. The maximum Gasteiger partial charge on any atom is 0.201 e. The maximum atomic E-state index is 11.3. The highest BCUT2D eigenvalue weighted by Gasteiger charge is 2.18. The average Bonchev–Trinajstić information content (AvgIpc) is 1.69. The van der Waals surface area contributed by atoms with Gasteiger partial charge in [0.25, 0.3) is 0 Å². The molecular weight excluding hydrogens is 1660 g/mol. The number of carbonyl (C=O) groups is 9. The Hall–Kier alpha value is -11.7. The third kappa shape index (κ3) is 52.4. The summed E-state index contributed by atoms with van der Waals surface area (Å²) < 4.78 is 6.89. The second-order valence-electron chi connectivity index (χ2n) is 33.8. The van der Waals surface area contributed by atoms with Gasteiger partial charge in [-0.05, 0) is 104 Å². The lowest BCUT2D eigenvalue weighted by Crippen LogP contribution is -2.12. The average molecular weight is 1800 g/mol. The van der Waals surface area contributed by atoms with Gasteiger partial charge in [0.1, 0.15) is 64.1 Å². The van der Waals surface area contributed by atoms with Gasteiger partial charge in [0.15, 0.2) is 0 Å². The summed E-state index contributed by atoms with van der Waals surface area (Å²) in [7, 11) is 1.94. The van der Waals surface area contributed by atoms with Crippen molar-refractivity contribution in [1.29, 1.82) is 0 Å². The van der Waals surface area contributed by atoms with E-state index in [1.807, 2.05) is 226 Å². The number of Topliss-reactive ketones (excluding diaryl/α,β-unsaturated/α-hetero) is 9. The normalized spacial score (nSPS) is 10.9. The summed E-state index contributed by atoms with van der Waals surface area (Å²) in [6.45, 7) is 47.7. The zero-order valence-corrected chi connectivity index (χ0v) is 81.8. The van der Waals surface area contributed by atoms with Gasteiger partial charge in [0, 0.05) is 194 Å². The predicted octanol–water partition coefficient (Wildman–Crippen LogP) is 19.2. The number of allylic oxidation sites excluding steroid dienone is 1. The molecule has 0 fully saturated rings. The molecule has 0 saturated carbocycles. The minimum atomic E-state index is 0.0573. The Bertz CT molecular complexity index is 4360. The summed E-state index contributed by atoms with van der Waals surface area (Å²) >= 11 is 3.07. The molecule has 0 radical (unpaired) electrons. The number of nitrogens with one attached hydrogen (secondary N) is 1. The van der Waals surface area contributed by atoms with Crippen molar-refractivity contribution in [3.05, 3.63) is 279 Å². The summed E-state index contributed by atoms with van der Waals surface area (Å²) in [5.74, 6) is 4.61. The number of hydrogen-bond acceptors (Lipinski definition) is 26. The van der Waals surface area contributed by atoms with E-state index in [1.165, 1.54) is 56.9 Å². The molecule has 0 aliphatic heterocycles. The van der Waals surface area contributed by atoms with Gasteiger partial charge in [-0.3, -0.25) is 72.8 Å². The smallest absolute Gasteiger partial charge is 0.201 e. The quantitative estimate of drug-likeness (QED) is 0.0394. The lowest BCUT2D eigenvalue weighted by molar-refractivity contribution is -0.122. The van der Waals surface area contributed by atoms with E-state index in [1.54, 1.807) is 85.8 Å². The molecular formula is C102H139N15O10S2. The molecule has 25 nitrogen and oxygen atoms in total. The van der Waals surface area contributed by atoms with Crippen LogP contribution in [0.1, 0.15) is 237 Å². The first-order chi connectivity index (χ1) is 61.2. The number of aromatic nitrogens is 14. The zero-order valence-electron chi connectivity index (χ0n) is 80.2. The van der Waals surface area contributed by atoms with Gasteiger partial charge in [-0.15, -0.1) is 22.7 Å². The molecule has 12 rings (SSSR count). The number of ketones is 9. The number of hydrogen-bond donors (Lipinski definition) is 1. The van der Waals surface area contributed by atoms with Crippen LogP contribution in [-0.2, 0) is 120 Å². The fourth-order valence-electron chi connectivity index (χ4n) is 10.0. The second kappa shape index (κ2) is 65.0. The van der Waals surface area contributed by atoms with Crippen LogP contribution < -0.4 is 5.32 Å². The minimum Gasteiger partial charge on any atom is -0.449 e. The van der Waals surface area contributed by atoms with Crippen molar-refractivity contribution in [3.8, 4) is 0 Å². The van der Waals surface area contributed by atoms with Crippen LogP contribution in [0, 0.1) is 53.3 Å². The first-order valence-electron chi connectivity index (χ1n) is 44.0. The molecule has 1 aromatic carbocycles. The standard InChI is InChI=1S/C12H15N.C11H14O.2C10H13NO.3C9H12N2O.C8H15N3.C8H11NO2.2C8H11NOS/c1-8(2)12-6-10-4-9(3)5-11(10)7-13-12;1-9(2)11(12)8-10-6-4-3-5-7-10;1-8(2)10(12)6-9-4-3-5-11-7-9;1-8(2)10(12)7-9-5-3-4-6-11-9;1-7(2)9(12)5-8-6-10-3-4-11-8;1-7(2)8(12)6-9-10-4-3-5-11-9;1-7(2)9(12)6-8-4-3-5-10-11-8;1-7(2)11-6-8(4-9-3)5-10-11;1-6(2)7(10)5-8-9-3-4-11-8;1-6(2)8(10)3-7-4-11-5-9-7;1-6(2)7(10)5-8-9-3-4-11-8/h6-8H,3-5H2,1-2H3;3-7,9H,8H2,1-2H3;3-5,7-8H,6H2,1-2H3;3-6,8H,7H2,1-2H3;3-4,6-7H,5H2,1-2H3;2*3-5,7H,6H2,1-2H3;5-7,9H,4H2,1-3H3;3-4,6H,5H2,1-2H3;4-6H,3H2,1-2H3;3-4,6H,5H2,1-2H3. The molecule has 1 N–H and O–H groups in total. The Kier molecular flexibility index (Phi) is 57.1. The van der Waals surface area contributed by atoms with Crippen LogP contribution in [0.2, 0.25) is 0 Å². The van der Waals surface area contributed by atoms with E-state index in [4.69, 9.17) is 4.42 Å². The first-order valence-corrected chi connectivity index (χ1v) is 45.8. The minimum absolute atomic E-state index is 0.0573. The highest BCUT2D eigenvalue weighted by atomic mass is 32.1. The van der Waals surface area contributed by atoms with Crippen LogP contribution in [-0.4, -0.2) is 129 Å². The summed E-state index contributed by atoms with van der Waals surface area (Å²) in [4.78, 5) is 141. The molecule has 11 aromatic rings. The van der Waals surface area contributed by atoms with Crippen LogP contribution in [0.15, 0.2) is 211 Å². The van der Waals surface area contributed by atoms with Crippen LogP contribution in [0.3, 0.4) is 0 Å². The van der Waals surface area contributed by atoms with E-state index in [9.17, 15) is 43.2 Å². The van der Waals surface area contributed by atoms with E-state index in [0.717, 1.165) is 58.3 Å². The van der Waals surface area contributed by atoms with Crippen LogP contribution in [0.5, 0.6) is 0 Å². The highest BCUT2D eigenvalue weighted by molar-refractivity contribution is 7.09. The summed E-state index contributed by atoms with van der Waals surface area (Å²) in [6.07, 6.45) is 31.7. The van der Waals surface area contributed by atoms with Crippen LogP contribution >= 0.6 is 22.7 Å². The Morgan fingerprint density at radius 3 is 1.38 bits per heavy atom. The topological polar surface area (TPSA) is 351 Å². The van der Waals surface area contributed by atoms with Crippen molar-refractivity contribution in [2.24, 2.45) is 53.3 Å². The van der Waals surface area contributed by atoms with E-state index in [0.29, 0.717) is 87.2 Å². The second-order valence-corrected chi connectivity index (χ2v) is 35.5. The number of pyridine rings is 3. The molecule has 0 amide bonds. The van der Waals surface area contributed by atoms with Crippen molar-refractivity contribution in [2.45, 2.75) is 241 Å². The molecule has 0 spiro atoms. The number of oxazole rings is 1. The van der Waals surface area contributed by atoms with Gasteiger partial charge in [-0.25, -0.2) is 24.9 Å². The summed E-state index contributed by atoms with van der Waals surface area (Å²) in [5.41, 5.74) is 13.7. The highest BCUT2D eigenvalue weighted by Crippen LogP contribution is 2.27. The fourth-order valence-corrected chi connectivity index (χ4v) is 11.2.